The highest BCUT2D eigenvalue weighted by Crippen LogP contribution is 2.26. The number of nitrogens with zero attached hydrogens (tertiary/aromatic N) is 2. The predicted octanol–water partition coefficient (Wildman–Crippen LogP) is 4.21. The van der Waals surface area contributed by atoms with E-state index in [4.69, 9.17) is 4.42 Å². The van der Waals surface area contributed by atoms with E-state index in [0.29, 0.717) is 24.6 Å². The van der Waals surface area contributed by atoms with Crippen LogP contribution < -0.4 is 5.32 Å². The first-order chi connectivity index (χ1) is 15.0. The van der Waals surface area contributed by atoms with Crippen LogP contribution in [0.4, 0.5) is 0 Å². The van der Waals surface area contributed by atoms with E-state index < -0.39 is 0 Å². The third kappa shape index (κ3) is 4.85. The maximum absolute atomic E-state index is 12.8. The van der Waals surface area contributed by atoms with Crippen LogP contribution in [0.15, 0.2) is 65.3 Å². The number of oxazole rings is 1. The van der Waals surface area contributed by atoms with Gasteiger partial charge in [0.2, 0.25) is 11.8 Å². The third-order valence-corrected chi connectivity index (χ3v) is 5.81. The summed E-state index contributed by atoms with van der Waals surface area (Å²) in [5.74, 6) is 0.323. The molecular weight excluding hydrogens is 390 g/mol. The lowest BCUT2D eigenvalue weighted by Gasteiger charge is -2.25. The van der Waals surface area contributed by atoms with Crippen molar-refractivity contribution in [3.05, 3.63) is 77.7 Å². The molecule has 31 heavy (non-hydrogen) atoms. The Bertz CT molecular complexity index is 1030. The van der Waals surface area contributed by atoms with Gasteiger partial charge in [0.25, 0.3) is 5.91 Å². The van der Waals surface area contributed by atoms with Gasteiger partial charge in [0, 0.05) is 24.2 Å². The lowest BCUT2D eigenvalue weighted by Crippen LogP contribution is -2.38. The second-order valence-electron chi connectivity index (χ2n) is 8.16. The van der Waals surface area contributed by atoms with Gasteiger partial charge in [0.05, 0.1) is 6.42 Å². The minimum atomic E-state index is -0.0785. The van der Waals surface area contributed by atoms with Crippen molar-refractivity contribution in [3.63, 3.8) is 0 Å². The van der Waals surface area contributed by atoms with Crippen molar-refractivity contribution in [1.82, 2.24) is 15.2 Å². The van der Waals surface area contributed by atoms with Crippen molar-refractivity contribution in [3.8, 4) is 11.5 Å². The Hall–Kier alpha value is -3.41. The minimum absolute atomic E-state index is 0.0171. The average molecular weight is 418 g/mol. The van der Waals surface area contributed by atoms with Gasteiger partial charge in [-0.15, -0.1) is 0 Å². The number of rotatable bonds is 6. The molecule has 1 aromatic heterocycles. The van der Waals surface area contributed by atoms with Gasteiger partial charge in [0.1, 0.15) is 6.26 Å². The number of nitrogens with one attached hydrogen (secondary N) is 1. The summed E-state index contributed by atoms with van der Waals surface area (Å²) >= 11 is 0. The van der Waals surface area contributed by atoms with E-state index in [1.807, 2.05) is 59.5 Å². The molecule has 1 fully saturated rings. The number of carbonyl (C=O) groups is 2. The zero-order valence-corrected chi connectivity index (χ0v) is 17.9. The number of aromatic nitrogens is 1. The fourth-order valence-electron chi connectivity index (χ4n) is 4.04. The van der Waals surface area contributed by atoms with Crippen LogP contribution in [0.2, 0.25) is 0 Å². The Labute approximate surface area is 182 Å². The smallest absolute Gasteiger partial charge is 0.276 e. The molecule has 1 aliphatic heterocycles. The van der Waals surface area contributed by atoms with Crippen LogP contribution in [0.1, 0.15) is 48.3 Å². The molecule has 0 saturated carbocycles. The third-order valence-electron chi connectivity index (χ3n) is 5.81. The molecule has 6 nitrogen and oxygen atoms in total. The first-order valence-corrected chi connectivity index (χ1v) is 10.7. The van der Waals surface area contributed by atoms with E-state index in [9.17, 15) is 9.59 Å². The summed E-state index contributed by atoms with van der Waals surface area (Å²) in [6.45, 7) is 4.59. The highest BCUT2D eigenvalue weighted by Gasteiger charge is 2.33. The second-order valence-corrected chi connectivity index (χ2v) is 8.16. The first-order valence-electron chi connectivity index (χ1n) is 10.7. The molecule has 6 heteroatoms. The SMILES string of the molecule is C[C@@H]1CC[C@H](C)N1C(=O)c1coc(-c2ccc(CNC(=O)Cc3ccccc3)cc2)n1. The summed E-state index contributed by atoms with van der Waals surface area (Å²) in [5.41, 5.74) is 3.10. The fraction of sp³-hybridized carbons (Fsp3) is 0.320. The average Bonchev–Trinajstić information content (AvgIpc) is 3.40. The molecule has 160 valence electrons. The first kappa shape index (κ1) is 20.8. The minimum Gasteiger partial charge on any atom is -0.444 e. The molecule has 1 aliphatic rings. The number of hydrogen-bond donors (Lipinski definition) is 1. The van der Waals surface area contributed by atoms with Gasteiger partial charge in [-0.05, 0) is 49.9 Å². The topological polar surface area (TPSA) is 75.4 Å². The molecule has 2 atom stereocenters. The largest absolute Gasteiger partial charge is 0.444 e. The van der Waals surface area contributed by atoms with E-state index >= 15 is 0 Å². The molecule has 2 amide bonds. The highest BCUT2D eigenvalue weighted by atomic mass is 16.3. The van der Waals surface area contributed by atoms with Crippen molar-refractivity contribution >= 4 is 11.8 Å². The van der Waals surface area contributed by atoms with Gasteiger partial charge in [0.15, 0.2) is 5.69 Å². The van der Waals surface area contributed by atoms with E-state index in [2.05, 4.69) is 24.1 Å². The van der Waals surface area contributed by atoms with Crippen LogP contribution >= 0.6 is 0 Å². The molecule has 0 aliphatic carbocycles. The van der Waals surface area contributed by atoms with Gasteiger partial charge < -0.3 is 14.6 Å². The van der Waals surface area contributed by atoms with Crippen LogP contribution in [-0.2, 0) is 17.8 Å². The lowest BCUT2D eigenvalue weighted by molar-refractivity contribution is -0.120. The molecular formula is C25H27N3O3. The Kier molecular flexibility index (Phi) is 6.16. The number of carbonyl (C=O) groups excluding carboxylic acids is 2. The summed E-state index contributed by atoms with van der Waals surface area (Å²) in [6, 6.07) is 17.7. The van der Waals surface area contributed by atoms with Gasteiger partial charge in [-0.2, -0.15) is 0 Å². The molecule has 0 unspecified atom stereocenters. The van der Waals surface area contributed by atoms with Crippen LogP contribution in [0.25, 0.3) is 11.5 Å². The van der Waals surface area contributed by atoms with Crippen LogP contribution in [0.5, 0.6) is 0 Å². The van der Waals surface area contributed by atoms with Gasteiger partial charge >= 0.3 is 0 Å². The van der Waals surface area contributed by atoms with E-state index in [0.717, 1.165) is 29.5 Å². The number of hydrogen-bond acceptors (Lipinski definition) is 4. The zero-order chi connectivity index (χ0) is 21.8. The molecule has 2 aromatic carbocycles. The maximum Gasteiger partial charge on any atom is 0.276 e. The molecule has 1 saturated heterocycles. The zero-order valence-electron chi connectivity index (χ0n) is 17.9. The van der Waals surface area contributed by atoms with Crippen molar-refractivity contribution in [2.45, 2.75) is 51.7 Å². The molecule has 0 spiro atoms. The van der Waals surface area contributed by atoms with Crippen molar-refractivity contribution in [1.29, 1.82) is 0 Å². The molecule has 0 bridgehead atoms. The summed E-state index contributed by atoms with van der Waals surface area (Å²) in [7, 11) is 0. The van der Waals surface area contributed by atoms with E-state index in [1.165, 1.54) is 6.26 Å². The number of amides is 2. The van der Waals surface area contributed by atoms with Crippen molar-refractivity contribution < 1.29 is 14.0 Å². The van der Waals surface area contributed by atoms with Crippen molar-refractivity contribution in [2.24, 2.45) is 0 Å². The van der Waals surface area contributed by atoms with Gasteiger partial charge in [-0.25, -0.2) is 4.98 Å². The maximum atomic E-state index is 12.8. The highest BCUT2D eigenvalue weighted by molar-refractivity contribution is 5.93. The fourth-order valence-corrected chi connectivity index (χ4v) is 4.04. The molecule has 0 radical (unpaired) electrons. The Morgan fingerprint density at radius 1 is 1.00 bits per heavy atom. The molecule has 1 N–H and O–H groups in total. The summed E-state index contributed by atoms with van der Waals surface area (Å²) < 4.78 is 5.58. The summed E-state index contributed by atoms with van der Waals surface area (Å²) in [5, 5.41) is 2.94. The van der Waals surface area contributed by atoms with E-state index in [1.54, 1.807) is 0 Å². The quantitative estimate of drug-likeness (QED) is 0.652. The Morgan fingerprint density at radius 3 is 2.35 bits per heavy atom. The number of likely N-dealkylation sites (tertiary alicyclic amines) is 1. The van der Waals surface area contributed by atoms with Crippen LogP contribution in [0.3, 0.4) is 0 Å². The summed E-state index contributed by atoms with van der Waals surface area (Å²) in [4.78, 5) is 31.2. The standard InChI is InChI=1S/C25H27N3O3/c1-17-8-9-18(2)28(17)25(30)22-16-31-24(27-22)21-12-10-20(11-13-21)15-26-23(29)14-19-6-4-3-5-7-19/h3-7,10-13,16-18H,8-9,14-15H2,1-2H3,(H,26,29)/t17-,18+. The Morgan fingerprint density at radius 2 is 1.68 bits per heavy atom. The number of benzene rings is 2. The monoisotopic (exact) mass is 417 g/mol. The van der Waals surface area contributed by atoms with Crippen molar-refractivity contribution in [2.75, 3.05) is 0 Å². The molecule has 3 aromatic rings. The van der Waals surface area contributed by atoms with Crippen LogP contribution in [0, 0.1) is 0 Å². The van der Waals surface area contributed by atoms with Gasteiger partial charge in [-0.3, -0.25) is 9.59 Å². The van der Waals surface area contributed by atoms with E-state index in [-0.39, 0.29) is 23.9 Å². The molecule has 4 rings (SSSR count). The van der Waals surface area contributed by atoms with Gasteiger partial charge in [-0.1, -0.05) is 42.5 Å². The Balaban J connectivity index is 1.35. The molecule has 2 heterocycles. The second kappa shape index (κ2) is 9.16. The predicted molar refractivity (Wildman–Crippen MR) is 118 cm³/mol. The van der Waals surface area contributed by atoms with Crippen LogP contribution in [-0.4, -0.2) is 33.8 Å². The lowest BCUT2D eigenvalue weighted by atomic mass is 10.1. The normalized spacial score (nSPS) is 18.2. The summed E-state index contributed by atoms with van der Waals surface area (Å²) in [6.07, 6.45) is 3.83.